The van der Waals surface area contributed by atoms with Gasteiger partial charge in [-0.25, -0.2) is 5.01 Å². The number of carbonyl (C=O) groups is 1. The molecule has 1 amide bonds. The van der Waals surface area contributed by atoms with Crippen LogP contribution in [0.4, 0.5) is 13.2 Å². The second kappa shape index (κ2) is 10.9. The average molecular weight is 463 g/mol. The van der Waals surface area contributed by atoms with Crippen LogP contribution in [0.5, 0.6) is 0 Å². The molecular formula is C27H37F3N2O. The van der Waals surface area contributed by atoms with E-state index in [4.69, 9.17) is 0 Å². The van der Waals surface area contributed by atoms with Crippen molar-refractivity contribution in [2.75, 3.05) is 6.54 Å². The highest BCUT2D eigenvalue weighted by molar-refractivity contribution is 5.87. The molecule has 0 saturated carbocycles. The van der Waals surface area contributed by atoms with E-state index in [-0.39, 0.29) is 18.0 Å². The molecule has 1 aliphatic heterocycles. The molecule has 0 aliphatic carbocycles. The van der Waals surface area contributed by atoms with Gasteiger partial charge in [-0.3, -0.25) is 10.2 Å². The Bertz CT molecular complexity index is 939. The Balaban J connectivity index is 1.75. The van der Waals surface area contributed by atoms with E-state index in [1.54, 1.807) is 26.0 Å². The second-order valence-corrected chi connectivity index (χ2v) is 10.0. The minimum atomic E-state index is -4.51. The van der Waals surface area contributed by atoms with Crippen molar-refractivity contribution in [1.29, 1.82) is 0 Å². The number of rotatable bonds is 11. The van der Waals surface area contributed by atoms with Gasteiger partial charge in [0, 0.05) is 6.54 Å². The van der Waals surface area contributed by atoms with Crippen molar-refractivity contribution in [3.63, 3.8) is 0 Å². The quantitative estimate of drug-likeness (QED) is 0.351. The van der Waals surface area contributed by atoms with E-state index >= 15 is 0 Å². The van der Waals surface area contributed by atoms with E-state index in [2.05, 4.69) is 12.3 Å². The first-order valence-corrected chi connectivity index (χ1v) is 12.3. The predicted octanol–water partition coefficient (Wildman–Crippen LogP) is 7.50. The van der Waals surface area contributed by atoms with Crippen LogP contribution in [-0.2, 0) is 11.2 Å². The van der Waals surface area contributed by atoms with Gasteiger partial charge in [-0.2, -0.15) is 13.2 Å². The zero-order chi connectivity index (χ0) is 24.1. The molecule has 0 bridgehead atoms. The van der Waals surface area contributed by atoms with Crippen LogP contribution in [0.1, 0.15) is 89.3 Å². The molecule has 3 nitrogen and oxygen atoms in total. The summed E-state index contributed by atoms with van der Waals surface area (Å²) in [6.45, 7) is 5.55. The summed E-state index contributed by atoms with van der Waals surface area (Å²) >= 11 is 0. The normalized spacial score (nSPS) is 17.5. The average Bonchev–Trinajstić information content (AvgIpc) is 3.00. The molecule has 1 atom stereocenters. The first kappa shape index (κ1) is 25.5. The number of carbonyl (C=O) groups excluding carboxylic acids is 1. The maximum absolute atomic E-state index is 14.1. The molecule has 3 rings (SSSR count). The van der Waals surface area contributed by atoms with Crippen molar-refractivity contribution >= 4 is 16.7 Å². The highest BCUT2D eigenvalue weighted by Gasteiger charge is 2.51. The van der Waals surface area contributed by atoms with Crippen LogP contribution >= 0.6 is 0 Å². The zero-order valence-electron chi connectivity index (χ0n) is 20.1. The maximum Gasteiger partial charge on any atom is 0.409 e. The van der Waals surface area contributed by atoms with E-state index in [0.29, 0.717) is 0 Å². The van der Waals surface area contributed by atoms with Crippen molar-refractivity contribution in [1.82, 2.24) is 10.4 Å². The molecule has 1 aliphatic rings. The van der Waals surface area contributed by atoms with Crippen molar-refractivity contribution in [3.05, 3.63) is 47.5 Å². The number of halogens is 3. The number of nitrogens with one attached hydrogen (secondary N) is 1. The van der Waals surface area contributed by atoms with Crippen molar-refractivity contribution in [3.8, 4) is 0 Å². The Morgan fingerprint density at radius 3 is 2.27 bits per heavy atom. The number of fused-ring (bicyclic) bond motifs is 1. The SMILES string of the molecule is CCCCCCCCCCc1cccc2ccc(C(N3CC(C)(C)C(=O)N3)C(F)(F)F)cc12. The molecule has 1 N–H and O–H groups in total. The molecule has 182 valence electrons. The topological polar surface area (TPSA) is 32.3 Å². The van der Waals surface area contributed by atoms with E-state index in [9.17, 15) is 18.0 Å². The standard InChI is InChI=1S/C27H37F3N2O/c1-4-5-6-7-8-9-10-11-13-20-14-12-15-21-16-17-22(18-23(20)21)24(27(28,29)30)32-19-26(2,3)25(33)31-32/h12,14-18,24H,4-11,13,19H2,1-3H3,(H,31,33). The first-order valence-electron chi connectivity index (χ1n) is 12.3. The van der Waals surface area contributed by atoms with Gasteiger partial charge < -0.3 is 0 Å². The van der Waals surface area contributed by atoms with Crippen LogP contribution in [0.15, 0.2) is 36.4 Å². The van der Waals surface area contributed by atoms with Gasteiger partial charge in [0.05, 0.1) is 5.41 Å². The number of alkyl halides is 3. The van der Waals surface area contributed by atoms with E-state index in [1.807, 2.05) is 18.2 Å². The van der Waals surface area contributed by atoms with Gasteiger partial charge in [-0.15, -0.1) is 0 Å². The number of hydrogen-bond donors (Lipinski definition) is 1. The Morgan fingerprint density at radius 1 is 1.00 bits per heavy atom. The van der Waals surface area contributed by atoms with Crippen molar-refractivity contribution < 1.29 is 18.0 Å². The second-order valence-electron chi connectivity index (χ2n) is 10.0. The molecule has 0 aromatic heterocycles. The molecule has 2 aromatic carbocycles. The molecule has 6 heteroatoms. The smallest absolute Gasteiger partial charge is 0.287 e. The van der Waals surface area contributed by atoms with Gasteiger partial charge >= 0.3 is 6.18 Å². The lowest BCUT2D eigenvalue weighted by Crippen LogP contribution is -2.43. The van der Waals surface area contributed by atoms with Gasteiger partial charge in [-0.1, -0.05) is 82.2 Å². The Hall–Kier alpha value is -2.08. The predicted molar refractivity (Wildman–Crippen MR) is 128 cm³/mol. The number of aryl methyl sites for hydroxylation is 1. The summed E-state index contributed by atoms with van der Waals surface area (Å²) < 4.78 is 42.4. The van der Waals surface area contributed by atoms with Gasteiger partial charge in [-0.05, 0) is 54.7 Å². The number of benzene rings is 2. The van der Waals surface area contributed by atoms with E-state index in [0.717, 1.165) is 40.6 Å². The summed E-state index contributed by atoms with van der Waals surface area (Å²) in [5.41, 5.74) is 2.85. The lowest BCUT2D eigenvalue weighted by Gasteiger charge is -2.30. The fraction of sp³-hybridized carbons (Fsp3) is 0.593. The summed E-state index contributed by atoms with van der Waals surface area (Å²) in [7, 11) is 0. The van der Waals surface area contributed by atoms with E-state index in [1.165, 1.54) is 44.6 Å². The fourth-order valence-corrected chi connectivity index (χ4v) is 4.71. The molecule has 2 aromatic rings. The van der Waals surface area contributed by atoms with Gasteiger partial charge in [0.25, 0.3) is 0 Å². The Kier molecular flexibility index (Phi) is 8.43. The summed E-state index contributed by atoms with van der Waals surface area (Å²) in [5.74, 6) is -0.382. The summed E-state index contributed by atoms with van der Waals surface area (Å²) in [5, 5.41) is 2.87. The summed E-state index contributed by atoms with van der Waals surface area (Å²) in [4.78, 5) is 12.2. The molecule has 1 unspecified atom stereocenters. The maximum atomic E-state index is 14.1. The van der Waals surface area contributed by atoms with Crippen LogP contribution in [0.3, 0.4) is 0 Å². The highest BCUT2D eigenvalue weighted by Crippen LogP contribution is 2.41. The van der Waals surface area contributed by atoms with Crippen LogP contribution in [-0.4, -0.2) is 23.6 Å². The highest BCUT2D eigenvalue weighted by atomic mass is 19.4. The lowest BCUT2D eigenvalue weighted by atomic mass is 9.93. The third-order valence-corrected chi connectivity index (χ3v) is 6.66. The molecule has 1 saturated heterocycles. The number of hydrogen-bond acceptors (Lipinski definition) is 2. The van der Waals surface area contributed by atoms with Gasteiger partial charge in [0.2, 0.25) is 5.91 Å². The molecule has 0 radical (unpaired) electrons. The van der Waals surface area contributed by atoms with Crippen molar-refractivity contribution in [2.45, 2.75) is 90.8 Å². The van der Waals surface area contributed by atoms with Crippen LogP contribution in [0.25, 0.3) is 10.8 Å². The molecule has 1 heterocycles. The number of amides is 1. The number of hydrazine groups is 1. The Labute approximate surface area is 195 Å². The van der Waals surface area contributed by atoms with Crippen molar-refractivity contribution in [2.24, 2.45) is 5.41 Å². The fourth-order valence-electron chi connectivity index (χ4n) is 4.71. The first-order chi connectivity index (χ1) is 15.6. The van der Waals surface area contributed by atoms with Gasteiger partial charge in [0.15, 0.2) is 0 Å². The Morgan fingerprint density at radius 2 is 1.67 bits per heavy atom. The summed E-state index contributed by atoms with van der Waals surface area (Å²) in [6, 6.07) is 9.05. The molecule has 33 heavy (non-hydrogen) atoms. The largest absolute Gasteiger partial charge is 0.409 e. The molecule has 0 spiro atoms. The van der Waals surface area contributed by atoms with E-state index < -0.39 is 17.6 Å². The monoisotopic (exact) mass is 462 g/mol. The van der Waals surface area contributed by atoms with Crippen LogP contribution in [0, 0.1) is 5.41 Å². The number of unbranched alkanes of at least 4 members (excludes halogenated alkanes) is 7. The zero-order valence-corrected chi connectivity index (χ0v) is 20.1. The van der Waals surface area contributed by atoms with Crippen LogP contribution < -0.4 is 5.43 Å². The molecule has 1 fully saturated rings. The third kappa shape index (κ3) is 6.50. The minimum absolute atomic E-state index is 0.00789. The third-order valence-electron chi connectivity index (χ3n) is 6.66. The number of nitrogens with zero attached hydrogens (tertiary/aromatic N) is 1. The summed E-state index contributed by atoms with van der Waals surface area (Å²) in [6.07, 6.45) is 6.14. The lowest BCUT2D eigenvalue weighted by molar-refractivity contribution is -0.191. The van der Waals surface area contributed by atoms with Gasteiger partial charge in [0.1, 0.15) is 6.04 Å². The minimum Gasteiger partial charge on any atom is -0.287 e. The van der Waals surface area contributed by atoms with Crippen LogP contribution in [0.2, 0.25) is 0 Å². The molecular weight excluding hydrogens is 425 g/mol.